The number of nitrogen functional groups attached to an aromatic ring is 1. The van der Waals surface area contributed by atoms with Gasteiger partial charge in [-0.3, -0.25) is 4.79 Å². The van der Waals surface area contributed by atoms with E-state index in [1.54, 1.807) is 12.1 Å². The zero-order valence-electron chi connectivity index (χ0n) is 9.26. The van der Waals surface area contributed by atoms with Crippen molar-refractivity contribution in [2.24, 2.45) is 0 Å². The Morgan fingerprint density at radius 3 is 2.72 bits per heavy atom. The molecule has 1 heterocycles. The molecule has 0 saturated carbocycles. The average Bonchev–Trinajstić information content (AvgIpc) is 2.62. The molecule has 3 N–H and O–H groups in total. The van der Waals surface area contributed by atoms with Crippen molar-refractivity contribution in [2.45, 2.75) is 6.04 Å². The minimum absolute atomic E-state index is 0.0925. The molecule has 0 bridgehead atoms. The van der Waals surface area contributed by atoms with Crippen LogP contribution in [0.25, 0.3) is 0 Å². The standard InChI is InChI=1S/C11H11BrN2O3S/c12-9-2-1-7(5-10(9)13)11(15)14-8-3-4-18(16,17)6-8/h1-5,8H,6,13H2,(H,14,15). The largest absolute Gasteiger partial charge is 0.398 e. The fourth-order valence-electron chi connectivity index (χ4n) is 1.60. The van der Waals surface area contributed by atoms with Crippen molar-refractivity contribution in [1.82, 2.24) is 5.32 Å². The number of hydrogen-bond donors (Lipinski definition) is 2. The Morgan fingerprint density at radius 1 is 1.44 bits per heavy atom. The van der Waals surface area contributed by atoms with Gasteiger partial charge in [-0.05, 0) is 40.2 Å². The molecule has 0 aromatic heterocycles. The van der Waals surface area contributed by atoms with Gasteiger partial charge in [-0.2, -0.15) is 0 Å². The van der Waals surface area contributed by atoms with Crippen LogP contribution in [0.4, 0.5) is 5.69 Å². The number of hydrogen-bond acceptors (Lipinski definition) is 4. The summed E-state index contributed by atoms with van der Waals surface area (Å²) in [7, 11) is -3.17. The van der Waals surface area contributed by atoms with Gasteiger partial charge in [-0.15, -0.1) is 0 Å². The minimum Gasteiger partial charge on any atom is -0.398 e. The summed E-state index contributed by atoms with van der Waals surface area (Å²) in [4.78, 5) is 11.9. The number of nitrogens with two attached hydrogens (primary N) is 1. The van der Waals surface area contributed by atoms with Crippen LogP contribution in [0.5, 0.6) is 0 Å². The van der Waals surface area contributed by atoms with Gasteiger partial charge in [-0.1, -0.05) is 0 Å². The number of amides is 1. The summed E-state index contributed by atoms with van der Waals surface area (Å²) >= 11 is 3.23. The molecule has 0 aliphatic carbocycles. The van der Waals surface area contributed by atoms with Crippen LogP contribution in [0, 0.1) is 0 Å². The maximum atomic E-state index is 11.9. The highest BCUT2D eigenvalue weighted by Crippen LogP contribution is 2.20. The lowest BCUT2D eigenvalue weighted by Gasteiger charge is -2.10. The van der Waals surface area contributed by atoms with E-state index in [1.165, 1.54) is 12.1 Å². The first-order chi connectivity index (χ1) is 8.37. The summed E-state index contributed by atoms with van der Waals surface area (Å²) < 4.78 is 23.1. The summed E-state index contributed by atoms with van der Waals surface area (Å²) in [5, 5.41) is 3.74. The van der Waals surface area contributed by atoms with Gasteiger partial charge < -0.3 is 11.1 Å². The summed E-state index contributed by atoms with van der Waals surface area (Å²) in [6.07, 6.45) is 1.47. The second kappa shape index (κ2) is 4.74. The van der Waals surface area contributed by atoms with E-state index < -0.39 is 15.9 Å². The van der Waals surface area contributed by atoms with E-state index in [9.17, 15) is 13.2 Å². The van der Waals surface area contributed by atoms with Crippen LogP contribution in [0.15, 0.2) is 34.2 Å². The second-order valence-corrected chi connectivity index (χ2v) is 6.76. The number of sulfone groups is 1. The first-order valence-electron chi connectivity index (χ1n) is 5.14. The van der Waals surface area contributed by atoms with Gasteiger partial charge in [0.15, 0.2) is 9.84 Å². The molecule has 1 unspecified atom stereocenters. The lowest BCUT2D eigenvalue weighted by Crippen LogP contribution is -2.35. The molecule has 96 valence electrons. The zero-order valence-corrected chi connectivity index (χ0v) is 11.7. The van der Waals surface area contributed by atoms with Gasteiger partial charge >= 0.3 is 0 Å². The number of anilines is 1. The number of carbonyl (C=O) groups is 1. The third kappa shape index (κ3) is 2.91. The van der Waals surface area contributed by atoms with E-state index in [4.69, 9.17) is 5.73 Å². The molecule has 1 aromatic rings. The number of rotatable bonds is 2. The topological polar surface area (TPSA) is 89.3 Å². The van der Waals surface area contributed by atoms with Gasteiger partial charge in [0.1, 0.15) is 0 Å². The highest BCUT2D eigenvalue weighted by Gasteiger charge is 2.23. The highest BCUT2D eigenvalue weighted by atomic mass is 79.9. The fraction of sp³-hybridized carbons (Fsp3) is 0.182. The Bertz CT molecular complexity index is 625. The summed E-state index contributed by atoms with van der Waals surface area (Å²) in [6.45, 7) is 0. The maximum absolute atomic E-state index is 11.9. The minimum atomic E-state index is -3.17. The van der Waals surface area contributed by atoms with Crippen molar-refractivity contribution in [2.75, 3.05) is 11.5 Å². The monoisotopic (exact) mass is 330 g/mol. The molecular formula is C11H11BrN2O3S. The van der Waals surface area contributed by atoms with Crippen LogP contribution >= 0.6 is 15.9 Å². The molecule has 1 atom stereocenters. The van der Waals surface area contributed by atoms with Gasteiger partial charge in [0, 0.05) is 21.1 Å². The molecule has 7 heteroatoms. The second-order valence-electron chi connectivity index (χ2n) is 3.97. The average molecular weight is 331 g/mol. The van der Waals surface area contributed by atoms with Crippen LogP contribution in [-0.2, 0) is 9.84 Å². The highest BCUT2D eigenvalue weighted by molar-refractivity contribution is 9.10. The normalized spacial score (nSPS) is 20.8. The fourth-order valence-corrected chi connectivity index (χ4v) is 3.08. The van der Waals surface area contributed by atoms with E-state index in [-0.39, 0.29) is 11.7 Å². The smallest absolute Gasteiger partial charge is 0.251 e. The Morgan fingerprint density at radius 2 is 2.17 bits per heavy atom. The molecule has 1 aromatic carbocycles. The van der Waals surface area contributed by atoms with Crippen molar-refractivity contribution in [3.8, 4) is 0 Å². The first kappa shape index (κ1) is 13.1. The van der Waals surface area contributed by atoms with Crippen LogP contribution in [-0.4, -0.2) is 26.1 Å². The van der Waals surface area contributed by atoms with E-state index in [0.29, 0.717) is 15.7 Å². The number of nitrogens with one attached hydrogen (secondary N) is 1. The van der Waals surface area contributed by atoms with E-state index in [0.717, 1.165) is 5.41 Å². The van der Waals surface area contributed by atoms with Crippen LogP contribution in [0.2, 0.25) is 0 Å². The van der Waals surface area contributed by atoms with E-state index in [1.807, 2.05) is 0 Å². The molecular weight excluding hydrogens is 320 g/mol. The maximum Gasteiger partial charge on any atom is 0.251 e. The Hall–Kier alpha value is -1.34. The van der Waals surface area contributed by atoms with Crippen LogP contribution < -0.4 is 11.1 Å². The predicted molar refractivity (Wildman–Crippen MR) is 72.7 cm³/mol. The number of carbonyl (C=O) groups excluding carboxylic acids is 1. The van der Waals surface area contributed by atoms with Crippen molar-refractivity contribution >= 4 is 37.4 Å². The SMILES string of the molecule is Nc1cc(C(=O)NC2C=CS(=O)(=O)C2)ccc1Br. The lowest BCUT2D eigenvalue weighted by atomic mass is 10.2. The van der Waals surface area contributed by atoms with Crippen molar-refractivity contribution in [3.05, 3.63) is 39.7 Å². The third-order valence-electron chi connectivity index (χ3n) is 2.50. The molecule has 0 fully saturated rings. The number of halogens is 1. The molecule has 0 saturated heterocycles. The number of benzene rings is 1. The summed E-state index contributed by atoms with van der Waals surface area (Å²) in [5.41, 5.74) is 6.53. The van der Waals surface area contributed by atoms with Crippen LogP contribution in [0.3, 0.4) is 0 Å². The molecule has 2 rings (SSSR count). The van der Waals surface area contributed by atoms with Crippen molar-refractivity contribution in [1.29, 1.82) is 0 Å². The predicted octanol–water partition coefficient (Wildman–Crippen LogP) is 1.07. The molecule has 0 spiro atoms. The van der Waals surface area contributed by atoms with Crippen molar-refractivity contribution < 1.29 is 13.2 Å². The molecule has 1 amide bonds. The van der Waals surface area contributed by atoms with Gasteiger partial charge in [-0.25, -0.2) is 8.42 Å². The Balaban J connectivity index is 2.09. The molecule has 5 nitrogen and oxygen atoms in total. The third-order valence-corrected chi connectivity index (χ3v) is 4.62. The Kier molecular flexibility index (Phi) is 3.45. The molecule has 18 heavy (non-hydrogen) atoms. The van der Waals surface area contributed by atoms with E-state index in [2.05, 4.69) is 21.2 Å². The Labute approximate surface area is 113 Å². The zero-order chi connectivity index (χ0) is 13.3. The molecule has 1 aliphatic rings. The molecule has 0 radical (unpaired) electrons. The molecule has 1 aliphatic heterocycles. The summed E-state index contributed by atoms with van der Waals surface area (Å²) in [5.74, 6) is -0.439. The van der Waals surface area contributed by atoms with E-state index >= 15 is 0 Å². The quantitative estimate of drug-likeness (QED) is 0.794. The summed E-state index contributed by atoms with van der Waals surface area (Å²) in [6, 6.07) is 4.34. The van der Waals surface area contributed by atoms with Gasteiger partial charge in [0.2, 0.25) is 0 Å². The van der Waals surface area contributed by atoms with Crippen LogP contribution in [0.1, 0.15) is 10.4 Å². The first-order valence-corrected chi connectivity index (χ1v) is 7.65. The lowest BCUT2D eigenvalue weighted by molar-refractivity contribution is 0.0947. The van der Waals surface area contributed by atoms with Crippen molar-refractivity contribution in [3.63, 3.8) is 0 Å². The van der Waals surface area contributed by atoms with Gasteiger partial charge in [0.05, 0.1) is 11.8 Å². The van der Waals surface area contributed by atoms with Gasteiger partial charge in [0.25, 0.3) is 5.91 Å².